The van der Waals surface area contributed by atoms with Gasteiger partial charge in [0, 0.05) is 24.1 Å². The number of ketones is 1. The largest absolute Gasteiger partial charge is 0.494 e. The monoisotopic (exact) mass is 417 g/mol. The topological polar surface area (TPSA) is 68.4 Å². The molecule has 0 saturated carbocycles. The third kappa shape index (κ3) is 4.41. The van der Waals surface area contributed by atoms with Crippen LogP contribution in [0.15, 0.2) is 54.6 Å². The van der Waals surface area contributed by atoms with Gasteiger partial charge in [0.25, 0.3) is 0 Å². The van der Waals surface area contributed by atoms with Crippen LogP contribution in [0, 0.1) is 0 Å². The SMILES string of the molecule is CCOC(=O)c1[nH]c2c(c1Cc1ccccc1)C(=O)C[C@@H](c1ccc(OCC)cc1)C2. The van der Waals surface area contributed by atoms with Gasteiger partial charge in [-0.05, 0) is 55.0 Å². The van der Waals surface area contributed by atoms with Crippen LogP contribution in [0.2, 0.25) is 0 Å². The molecular formula is C26H27NO4. The fraction of sp³-hybridized carbons (Fsp3) is 0.308. The van der Waals surface area contributed by atoms with E-state index in [4.69, 9.17) is 9.47 Å². The molecule has 1 N–H and O–H groups in total. The summed E-state index contributed by atoms with van der Waals surface area (Å²) in [4.78, 5) is 29.1. The molecule has 0 saturated heterocycles. The number of rotatable bonds is 7. The predicted octanol–water partition coefficient (Wildman–Crippen LogP) is 5.09. The van der Waals surface area contributed by atoms with E-state index in [2.05, 4.69) is 4.98 Å². The van der Waals surface area contributed by atoms with Crippen molar-refractivity contribution in [3.63, 3.8) is 0 Å². The van der Waals surface area contributed by atoms with Gasteiger partial charge in [0.05, 0.1) is 13.2 Å². The maximum atomic E-state index is 13.2. The molecule has 0 bridgehead atoms. The van der Waals surface area contributed by atoms with Crippen molar-refractivity contribution in [2.45, 2.75) is 39.0 Å². The van der Waals surface area contributed by atoms with Crippen molar-refractivity contribution in [3.8, 4) is 5.75 Å². The number of hydrogen-bond acceptors (Lipinski definition) is 4. The highest BCUT2D eigenvalue weighted by molar-refractivity contribution is 6.04. The molecular weight excluding hydrogens is 390 g/mol. The van der Waals surface area contributed by atoms with E-state index >= 15 is 0 Å². The quantitative estimate of drug-likeness (QED) is 0.544. The normalized spacial score (nSPS) is 15.4. The molecule has 1 atom stereocenters. The third-order valence-corrected chi connectivity index (χ3v) is 5.71. The van der Waals surface area contributed by atoms with E-state index in [1.165, 1.54) is 0 Å². The molecule has 0 unspecified atom stereocenters. The van der Waals surface area contributed by atoms with Crippen LogP contribution in [0.5, 0.6) is 5.75 Å². The van der Waals surface area contributed by atoms with Crippen LogP contribution in [0.4, 0.5) is 0 Å². The third-order valence-electron chi connectivity index (χ3n) is 5.71. The second-order valence-electron chi connectivity index (χ2n) is 7.75. The molecule has 1 aromatic heterocycles. The summed E-state index contributed by atoms with van der Waals surface area (Å²) in [5.74, 6) is 0.545. The maximum Gasteiger partial charge on any atom is 0.355 e. The Kier molecular flexibility index (Phi) is 6.21. The fourth-order valence-corrected chi connectivity index (χ4v) is 4.32. The smallest absolute Gasteiger partial charge is 0.355 e. The van der Waals surface area contributed by atoms with Gasteiger partial charge in [0.15, 0.2) is 5.78 Å². The van der Waals surface area contributed by atoms with Crippen molar-refractivity contribution in [3.05, 3.63) is 88.2 Å². The first-order chi connectivity index (χ1) is 15.1. The van der Waals surface area contributed by atoms with E-state index in [1.807, 2.05) is 61.5 Å². The summed E-state index contributed by atoms with van der Waals surface area (Å²) in [6.45, 7) is 4.64. The minimum atomic E-state index is -0.409. The van der Waals surface area contributed by atoms with Crippen LogP contribution in [0.1, 0.15) is 69.4 Å². The lowest BCUT2D eigenvalue weighted by molar-refractivity contribution is 0.0519. The highest BCUT2D eigenvalue weighted by Crippen LogP contribution is 2.36. The number of carbonyl (C=O) groups excluding carboxylic acids is 2. The Labute approximate surface area is 182 Å². The number of Topliss-reactive ketones (excluding diaryl/α,β-unsaturated/α-hetero) is 1. The van der Waals surface area contributed by atoms with Gasteiger partial charge < -0.3 is 14.5 Å². The fourth-order valence-electron chi connectivity index (χ4n) is 4.32. The minimum absolute atomic E-state index is 0.0638. The van der Waals surface area contributed by atoms with Gasteiger partial charge in [0.2, 0.25) is 0 Å². The summed E-state index contributed by atoms with van der Waals surface area (Å²) in [6.07, 6.45) is 1.61. The van der Waals surface area contributed by atoms with Gasteiger partial charge >= 0.3 is 5.97 Å². The predicted molar refractivity (Wildman–Crippen MR) is 119 cm³/mol. The number of H-pyrrole nitrogens is 1. The zero-order valence-electron chi connectivity index (χ0n) is 17.9. The lowest BCUT2D eigenvalue weighted by Crippen LogP contribution is -2.19. The Balaban J connectivity index is 1.68. The molecule has 0 aliphatic heterocycles. The van der Waals surface area contributed by atoms with Crippen molar-refractivity contribution in [1.82, 2.24) is 4.98 Å². The molecule has 5 heteroatoms. The standard InChI is InChI=1S/C26H27NO4/c1-3-30-20-12-10-18(11-13-20)19-15-22-24(23(28)16-19)21(14-17-8-6-5-7-9-17)25(27-22)26(29)31-4-2/h5-13,19,27H,3-4,14-16H2,1-2H3/t19-/m0/s1. The molecule has 1 aliphatic carbocycles. The van der Waals surface area contributed by atoms with Crippen LogP contribution < -0.4 is 4.74 Å². The zero-order chi connectivity index (χ0) is 21.8. The van der Waals surface area contributed by atoms with E-state index in [1.54, 1.807) is 6.92 Å². The van der Waals surface area contributed by atoms with E-state index in [0.717, 1.165) is 28.1 Å². The number of aromatic nitrogens is 1. The summed E-state index contributed by atoms with van der Waals surface area (Å²) in [7, 11) is 0. The average Bonchev–Trinajstić information content (AvgIpc) is 3.14. The van der Waals surface area contributed by atoms with Crippen molar-refractivity contribution < 1.29 is 19.1 Å². The van der Waals surface area contributed by atoms with Crippen molar-refractivity contribution in [2.75, 3.05) is 13.2 Å². The van der Waals surface area contributed by atoms with Gasteiger partial charge in [-0.3, -0.25) is 4.79 Å². The number of carbonyl (C=O) groups is 2. The first kappa shape index (κ1) is 20.9. The first-order valence-electron chi connectivity index (χ1n) is 10.8. The molecule has 31 heavy (non-hydrogen) atoms. The van der Waals surface area contributed by atoms with E-state index < -0.39 is 5.97 Å². The Morgan fingerprint density at radius 3 is 2.42 bits per heavy atom. The van der Waals surface area contributed by atoms with Crippen molar-refractivity contribution in [2.24, 2.45) is 0 Å². The van der Waals surface area contributed by atoms with Gasteiger partial charge in [-0.2, -0.15) is 0 Å². The number of hydrogen-bond donors (Lipinski definition) is 1. The summed E-state index contributed by atoms with van der Waals surface area (Å²) in [5, 5.41) is 0. The van der Waals surface area contributed by atoms with Crippen molar-refractivity contribution in [1.29, 1.82) is 0 Å². The van der Waals surface area contributed by atoms with E-state index in [-0.39, 0.29) is 18.3 Å². The lowest BCUT2D eigenvalue weighted by Gasteiger charge is -2.22. The first-order valence-corrected chi connectivity index (χ1v) is 10.8. The van der Waals surface area contributed by atoms with Gasteiger partial charge in [-0.1, -0.05) is 42.5 Å². The van der Waals surface area contributed by atoms with E-state index in [0.29, 0.717) is 37.1 Å². The second-order valence-corrected chi connectivity index (χ2v) is 7.75. The molecule has 1 aliphatic rings. The molecule has 160 valence electrons. The van der Waals surface area contributed by atoms with Crippen LogP contribution in [-0.4, -0.2) is 30.0 Å². The Morgan fingerprint density at radius 1 is 1.00 bits per heavy atom. The number of esters is 1. The highest BCUT2D eigenvalue weighted by Gasteiger charge is 2.33. The number of fused-ring (bicyclic) bond motifs is 1. The number of ether oxygens (including phenoxy) is 2. The minimum Gasteiger partial charge on any atom is -0.494 e. The van der Waals surface area contributed by atoms with E-state index in [9.17, 15) is 9.59 Å². The summed E-state index contributed by atoms with van der Waals surface area (Å²) in [6, 6.07) is 17.8. The van der Waals surface area contributed by atoms with Crippen LogP contribution in [0.25, 0.3) is 0 Å². The number of aromatic amines is 1. The molecule has 0 radical (unpaired) electrons. The maximum absolute atomic E-state index is 13.2. The number of benzene rings is 2. The van der Waals surface area contributed by atoms with Crippen LogP contribution in [0.3, 0.4) is 0 Å². The van der Waals surface area contributed by atoms with Gasteiger partial charge in [-0.25, -0.2) is 4.79 Å². The second kappa shape index (κ2) is 9.21. The molecule has 5 nitrogen and oxygen atoms in total. The Morgan fingerprint density at radius 2 is 1.74 bits per heavy atom. The Bertz CT molecular complexity index is 1070. The van der Waals surface area contributed by atoms with Crippen LogP contribution >= 0.6 is 0 Å². The van der Waals surface area contributed by atoms with Gasteiger partial charge in [0.1, 0.15) is 11.4 Å². The molecule has 0 spiro atoms. The highest BCUT2D eigenvalue weighted by atomic mass is 16.5. The summed E-state index contributed by atoms with van der Waals surface area (Å²) < 4.78 is 10.8. The molecule has 2 aromatic carbocycles. The number of nitrogens with one attached hydrogen (secondary N) is 1. The summed E-state index contributed by atoms with van der Waals surface area (Å²) >= 11 is 0. The molecule has 1 heterocycles. The van der Waals surface area contributed by atoms with Gasteiger partial charge in [-0.15, -0.1) is 0 Å². The lowest BCUT2D eigenvalue weighted by atomic mass is 9.80. The van der Waals surface area contributed by atoms with Crippen molar-refractivity contribution >= 4 is 11.8 Å². The van der Waals surface area contributed by atoms with Crippen LogP contribution in [-0.2, 0) is 17.6 Å². The summed E-state index contributed by atoms with van der Waals surface area (Å²) in [5.41, 5.74) is 4.78. The average molecular weight is 418 g/mol. The zero-order valence-corrected chi connectivity index (χ0v) is 17.9. The molecule has 4 rings (SSSR count). The molecule has 3 aromatic rings. The Hall–Kier alpha value is -3.34. The molecule has 0 amide bonds. The molecule has 0 fully saturated rings.